The van der Waals surface area contributed by atoms with Crippen LogP contribution >= 0.6 is 0 Å². The third kappa shape index (κ3) is 3.05. The topological polar surface area (TPSA) is 15.6 Å². The fourth-order valence-electron chi connectivity index (χ4n) is 3.29. The molecule has 2 rings (SSSR count). The highest BCUT2D eigenvalue weighted by atomic mass is 15.5. The van der Waals surface area contributed by atoms with E-state index in [0.717, 1.165) is 6.54 Å². The van der Waals surface area contributed by atoms with E-state index >= 15 is 0 Å². The molecule has 2 nitrogen and oxygen atoms in total. The van der Waals surface area contributed by atoms with Crippen molar-refractivity contribution in [1.29, 1.82) is 0 Å². The first kappa shape index (κ1) is 15.1. The standard InChI is InChI=1S/C18H28N2/c1-13(2)16-9-7-15(8-10-16)11-20-17(14(3)4)18(5,6)12-19-20/h7-10,12-14,17H,11H2,1-6H3. The molecule has 110 valence electrons. The molecule has 0 fully saturated rings. The van der Waals surface area contributed by atoms with Crippen molar-refractivity contribution in [1.82, 2.24) is 5.01 Å². The Kier molecular flexibility index (Phi) is 4.22. The van der Waals surface area contributed by atoms with E-state index in [4.69, 9.17) is 0 Å². The van der Waals surface area contributed by atoms with Gasteiger partial charge in [-0.05, 0) is 23.0 Å². The van der Waals surface area contributed by atoms with Gasteiger partial charge in [0.2, 0.25) is 0 Å². The Morgan fingerprint density at radius 2 is 1.70 bits per heavy atom. The molecule has 20 heavy (non-hydrogen) atoms. The lowest BCUT2D eigenvalue weighted by atomic mass is 9.80. The van der Waals surface area contributed by atoms with Gasteiger partial charge in [-0.25, -0.2) is 0 Å². The highest BCUT2D eigenvalue weighted by molar-refractivity contribution is 5.67. The van der Waals surface area contributed by atoms with Gasteiger partial charge in [-0.1, -0.05) is 65.8 Å². The minimum atomic E-state index is 0.159. The van der Waals surface area contributed by atoms with Gasteiger partial charge in [0.1, 0.15) is 0 Å². The van der Waals surface area contributed by atoms with Crippen molar-refractivity contribution >= 4 is 6.21 Å². The maximum Gasteiger partial charge on any atom is 0.0614 e. The molecule has 0 aliphatic carbocycles. The first-order chi connectivity index (χ1) is 9.31. The summed E-state index contributed by atoms with van der Waals surface area (Å²) in [5, 5.41) is 6.91. The lowest BCUT2D eigenvalue weighted by Gasteiger charge is -2.35. The Morgan fingerprint density at radius 3 is 2.20 bits per heavy atom. The summed E-state index contributed by atoms with van der Waals surface area (Å²) in [6.07, 6.45) is 2.11. The number of hydrogen-bond donors (Lipinski definition) is 0. The number of rotatable bonds is 4. The van der Waals surface area contributed by atoms with Gasteiger partial charge in [-0.2, -0.15) is 5.10 Å². The quantitative estimate of drug-likeness (QED) is 0.778. The normalized spacial score (nSPS) is 21.2. The Morgan fingerprint density at radius 1 is 1.10 bits per heavy atom. The fraction of sp³-hybridized carbons (Fsp3) is 0.611. The van der Waals surface area contributed by atoms with E-state index in [2.05, 4.69) is 82.1 Å². The molecule has 0 amide bonds. The summed E-state index contributed by atoms with van der Waals surface area (Å²) in [6, 6.07) is 9.46. The van der Waals surface area contributed by atoms with Crippen LogP contribution in [0.25, 0.3) is 0 Å². The second-order valence-corrected chi connectivity index (χ2v) is 7.25. The molecule has 1 aliphatic heterocycles. The molecule has 2 heteroatoms. The summed E-state index contributed by atoms with van der Waals surface area (Å²) in [7, 11) is 0. The maximum atomic E-state index is 4.65. The molecule has 1 aliphatic rings. The summed E-state index contributed by atoms with van der Waals surface area (Å²) in [4.78, 5) is 0. The van der Waals surface area contributed by atoms with Crippen LogP contribution < -0.4 is 0 Å². The van der Waals surface area contributed by atoms with Crippen molar-refractivity contribution in [2.75, 3.05) is 0 Å². The molecular formula is C18H28N2. The van der Waals surface area contributed by atoms with Gasteiger partial charge < -0.3 is 0 Å². The molecule has 1 aromatic rings. The van der Waals surface area contributed by atoms with Gasteiger partial charge in [0.05, 0.1) is 12.6 Å². The predicted molar refractivity (Wildman–Crippen MR) is 87.0 cm³/mol. The Hall–Kier alpha value is -1.31. The highest BCUT2D eigenvalue weighted by Gasteiger charge is 2.39. The minimum absolute atomic E-state index is 0.159. The zero-order valence-electron chi connectivity index (χ0n) is 13.7. The number of benzene rings is 1. The average molecular weight is 272 g/mol. The van der Waals surface area contributed by atoms with Crippen LogP contribution in [0.2, 0.25) is 0 Å². The van der Waals surface area contributed by atoms with Gasteiger partial charge in [0.25, 0.3) is 0 Å². The molecule has 1 unspecified atom stereocenters. The summed E-state index contributed by atoms with van der Waals surface area (Å²) in [5.41, 5.74) is 2.90. The Bertz CT molecular complexity index is 469. The number of hydrogen-bond acceptors (Lipinski definition) is 2. The van der Waals surface area contributed by atoms with Crippen molar-refractivity contribution in [2.45, 2.75) is 60.0 Å². The van der Waals surface area contributed by atoms with Crippen molar-refractivity contribution in [3.05, 3.63) is 35.4 Å². The second kappa shape index (κ2) is 5.59. The zero-order chi connectivity index (χ0) is 14.9. The van der Waals surface area contributed by atoms with E-state index in [9.17, 15) is 0 Å². The summed E-state index contributed by atoms with van der Waals surface area (Å²) in [6.45, 7) is 14.5. The van der Waals surface area contributed by atoms with Crippen molar-refractivity contribution in [3.63, 3.8) is 0 Å². The molecule has 1 aromatic carbocycles. The zero-order valence-corrected chi connectivity index (χ0v) is 13.7. The molecule has 0 aromatic heterocycles. The minimum Gasteiger partial charge on any atom is -0.289 e. The van der Waals surface area contributed by atoms with Crippen molar-refractivity contribution in [3.8, 4) is 0 Å². The highest BCUT2D eigenvalue weighted by Crippen LogP contribution is 2.35. The van der Waals surface area contributed by atoms with Gasteiger partial charge in [-0.3, -0.25) is 5.01 Å². The predicted octanol–water partition coefficient (Wildman–Crippen LogP) is 4.66. The molecule has 0 saturated carbocycles. The van der Waals surface area contributed by atoms with Crippen LogP contribution in [0.15, 0.2) is 29.4 Å². The summed E-state index contributed by atoms with van der Waals surface area (Å²) in [5.74, 6) is 1.19. The SMILES string of the molecule is CC(C)c1ccc(CN2N=CC(C)(C)C2C(C)C)cc1. The molecule has 0 bridgehead atoms. The smallest absolute Gasteiger partial charge is 0.0614 e. The average Bonchev–Trinajstić information content (AvgIpc) is 2.65. The van der Waals surface area contributed by atoms with E-state index in [0.29, 0.717) is 17.9 Å². The summed E-state index contributed by atoms with van der Waals surface area (Å²) >= 11 is 0. The fourth-order valence-corrected chi connectivity index (χ4v) is 3.29. The second-order valence-electron chi connectivity index (χ2n) is 7.25. The van der Waals surface area contributed by atoms with Gasteiger partial charge in [-0.15, -0.1) is 0 Å². The van der Waals surface area contributed by atoms with Crippen LogP contribution in [-0.2, 0) is 6.54 Å². The molecule has 0 saturated heterocycles. The van der Waals surface area contributed by atoms with E-state index in [-0.39, 0.29) is 5.41 Å². The third-order valence-corrected chi connectivity index (χ3v) is 4.24. The van der Waals surface area contributed by atoms with E-state index < -0.39 is 0 Å². The summed E-state index contributed by atoms with van der Waals surface area (Å²) < 4.78 is 0. The van der Waals surface area contributed by atoms with Crippen LogP contribution in [-0.4, -0.2) is 17.3 Å². The van der Waals surface area contributed by atoms with Gasteiger partial charge in [0.15, 0.2) is 0 Å². The van der Waals surface area contributed by atoms with Crippen LogP contribution in [0.5, 0.6) is 0 Å². The van der Waals surface area contributed by atoms with E-state index in [1.54, 1.807) is 0 Å². The monoisotopic (exact) mass is 272 g/mol. The van der Waals surface area contributed by atoms with Crippen LogP contribution in [0.3, 0.4) is 0 Å². The van der Waals surface area contributed by atoms with Gasteiger partial charge in [0, 0.05) is 11.6 Å². The van der Waals surface area contributed by atoms with E-state index in [1.807, 2.05) is 0 Å². The molecule has 0 N–H and O–H groups in total. The van der Waals surface area contributed by atoms with Crippen molar-refractivity contribution in [2.24, 2.45) is 16.4 Å². The van der Waals surface area contributed by atoms with Crippen LogP contribution in [0, 0.1) is 11.3 Å². The lowest BCUT2D eigenvalue weighted by molar-refractivity contribution is 0.115. The molecule has 1 heterocycles. The number of nitrogens with zero attached hydrogens (tertiary/aromatic N) is 2. The lowest BCUT2D eigenvalue weighted by Crippen LogP contribution is -2.41. The molecular weight excluding hydrogens is 244 g/mol. The van der Waals surface area contributed by atoms with Gasteiger partial charge >= 0.3 is 0 Å². The largest absolute Gasteiger partial charge is 0.289 e. The molecule has 1 atom stereocenters. The first-order valence-corrected chi connectivity index (χ1v) is 7.72. The maximum absolute atomic E-state index is 4.65. The van der Waals surface area contributed by atoms with E-state index in [1.165, 1.54) is 11.1 Å². The van der Waals surface area contributed by atoms with Crippen LogP contribution in [0.4, 0.5) is 0 Å². The van der Waals surface area contributed by atoms with Crippen molar-refractivity contribution < 1.29 is 0 Å². The Labute approximate surface area is 123 Å². The Balaban J connectivity index is 2.11. The molecule has 0 spiro atoms. The van der Waals surface area contributed by atoms with Crippen LogP contribution in [0.1, 0.15) is 58.6 Å². The first-order valence-electron chi connectivity index (χ1n) is 7.72. The third-order valence-electron chi connectivity index (χ3n) is 4.24. The number of hydrazone groups is 1. The molecule has 0 radical (unpaired) electrons.